The summed E-state index contributed by atoms with van der Waals surface area (Å²) in [7, 11) is 0. The lowest BCUT2D eigenvalue weighted by atomic mass is 10.3. The molecule has 0 amide bonds. The van der Waals surface area contributed by atoms with Crippen molar-refractivity contribution in [2.75, 3.05) is 0 Å². The average molecular weight is 138 g/mol. The van der Waals surface area contributed by atoms with Crippen LogP contribution in [-0.4, -0.2) is 6.34 Å². The second-order valence-electron chi connectivity index (χ2n) is 1.80. The zero-order valence-electron chi connectivity index (χ0n) is 6.54. The molecule has 10 heavy (non-hydrogen) atoms. The van der Waals surface area contributed by atoms with Crippen molar-refractivity contribution >= 4 is 6.34 Å². The molecule has 0 bridgehead atoms. The van der Waals surface area contributed by atoms with Crippen LogP contribution in [0.25, 0.3) is 0 Å². The summed E-state index contributed by atoms with van der Waals surface area (Å²) < 4.78 is 0. The number of aliphatic imine (C=N–C) groups is 1. The summed E-state index contributed by atoms with van der Waals surface area (Å²) in [6.07, 6.45) is 8.23. The van der Waals surface area contributed by atoms with Crippen molar-refractivity contribution in [3.05, 3.63) is 23.9 Å². The Bertz CT molecular complexity index is 155. The Morgan fingerprint density at radius 2 is 2.30 bits per heavy atom. The third-order valence-corrected chi connectivity index (χ3v) is 1.04. The topological polar surface area (TPSA) is 38.4 Å². The average Bonchev–Trinajstić information content (AvgIpc) is 1.98. The van der Waals surface area contributed by atoms with Gasteiger partial charge in [-0.3, -0.25) is 0 Å². The molecule has 0 saturated heterocycles. The van der Waals surface area contributed by atoms with Gasteiger partial charge in [0.1, 0.15) is 0 Å². The predicted molar refractivity (Wildman–Crippen MR) is 45.9 cm³/mol. The lowest BCUT2D eigenvalue weighted by Gasteiger charge is -1.88. The molecule has 0 spiro atoms. The maximum Gasteiger partial charge on any atom is 0.0860 e. The molecule has 0 aliphatic carbocycles. The van der Waals surface area contributed by atoms with Crippen LogP contribution in [0.4, 0.5) is 0 Å². The summed E-state index contributed by atoms with van der Waals surface area (Å²) in [6, 6.07) is 0. The molecular formula is C8H14N2. The molecule has 0 radical (unpaired) electrons. The van der Waals surface area contributed by atoms with Gasteiger partial charge in [-0.05, 0) is 19.4 Å². The van der Waals surface area contributed by atoms with Gasteiger partial charge < -0.3 is 5.73 Å². The highest BCUT2D eigenvalue weighted by Crippen LogP contribution is 1.97. The summed E-state index contributed by atoms with van der Waals surface area (Å²) >= 11 is 0. The molecule has 0 aliphatic rings. The Labute approximate surface area is 62.1 Å². The maximum atomic E-state index is 5.11. The fraction of sp³-hybridized carbons (Fsp3) is 0.375. The van der Waals surface area contributed by atoms with E-state index in [-0.39, 0.29) is 0 Å². The van der Waals surface area contributed by atoms with Crippen LogP contribution >= 0.6 is 0 Å². The van der Waals surface area contributed by atoms with Gasteiger partial charge in [-0.2, -0.15) is 0 Å². The molecule has 2 nitrogen and oxygen atoms in total. The van der Waals surface area contributed by atoms with Crippen molar-refractivity contribution in [2.45, 2.75) is 20.3 Å². The van der Waals surface area contributed by atoms with Gasteiger partial charge in [0.25, 0.3) is 0 Å². The summed E-state index contributed by atoms with van der Waals surface area (Å²) in [5.74, 6) is 0. The number of hydrogen-bond donors (Lipinski definition) is 1. The standard InChI is InChI=1S/C8H14N2/c1-3-5-6-8(4-2)10-7-9/h4-7H,3H2,1-2H3,(H2,9,10)/b6-5-,8-4+. The van der Waals surface area contributed by atoms with Crippen LogP contribution in [0, 0.1) is 0 Å². The van der Waals surface area contributed by atoms with E-state index in [1.54, 1.807) is 0 Å². The van der Waals surface area contributed by atoms with Gasteiger partial charge in [0.15, 0.2) is 0 Å². The van der Waals surface area contributed by atoms with Gasteiger partial charge >= 0.3 is 0 Å². The Balaban J connectivity index is 3.97. The molecule has 2 heteroatoms. The van der Waals surface area contributed by atoms with Crippen molar-refractivity contribution in [2.24, 2.45) is 10.7 Å². The van der Waals surface area contributed by atoms with Crippen LogP contribution < -0.4 is 5.73 Å². The summed E-state index contributed by atoms with van der Waals surface area (Å²) in [5, 5.41) is 0. The van der Waals surface area contributed by atoms with Crippen molar-refractivity contribution in [3.63, 3.8) is 0 Å². The molecule has 0 aliphatic heterocycles. The Hall–Kier alpha value is -1.05. The van der Waals surface area contributed by atoms with Crippen molar-refractivity contribution in [3.8, 4) is 0 Å². The first-order valence-corrected chi connectivity index (χ1v) is 3.42. The first-order valence-electron chi connectivity index (χ1n) is 3.42. The smallest absolute Gasteiger partial charge is 0.0860 e. The first kappa shape index (κ1) is 8.95. The monoisotopic (exact) mass is 138 g/mol. The fourth-order valence-corrected chi connectivity index (χ4v) is 0.538. The van der Waals surface area contributed by atoms with Crippen LogP contribution in [0.15, 0.2) is 28.9 Å². The van der Waals surface area contributed by atoms with Crippen LogP contribution in [0.2, 0.25) is 0 Å². The van der Waals surface area contributed by atoms with Crippen molar-refractivity contribution in [1.29, 1.82) is 0 Å². The van der Waals surface area contributed by atoms with Crippen LogP contribution in [-0.2, 0) is 0 Å². The third kappa shape index (κ3) is 3.89. The lowest BCUT2D eigenvalue weighted by molar-refractivity contribution is 1.21. The number of allylic oxidation sites excluding steroid dienone is 3. The number of nitrogens with zero attached hydrogens (tertiary/aromatic N) is 1. The van der Waals surface area contributed by atoms with Gasteiger partial charge in [-0.15, -0.1) is 0 Å². The minimum Gasteiger partial charge on any atom is -0.390 e. The SMILES string of the molecule is C/C=C(\C=C/CC)N=CN. The van der Waals surface area contributed by atoms with E-state index in [1.165, 1.54) is 6.34 Å². The third-order valence-electron chi connectivity index (χ3n) is 1.04. The fourth-order valence-electron chi connectivity index (χ4n) is 0.538. The predicted octanol–water partition coefficient (Wildman–Crippen LogP) is 1.84. The van der Waals surface area contributed by atoms with E-state index < -0.39 is 0 Å². The largest absolute Gasteiger partial charge is 0.390 e. The summed E-state index contributed by atoms with van der Waals surface area (Å²) in [4.78, 5) is 3.91. The van der Waals surface area contributed by atoms with E-state index in [2.05, 4.69) is 11.9 Å². The number of rotatable bonds is 3. The molecule has 0 saturated carbocycles. The van der Waals surface area contributed by atoms with Crippen LogP contribution in [0.1, 0.15) is 20.3 Å². The van der Waals surface area contributed by atoms with Crippen LogP contribution in [0.5, 0.6) is 0 Å². The van der Waals surface area contributed by atoms with Crippen molar-refractivity contribution in [1.82, 2.24) is 0 Å². The Morgan fingerprint density at radius 3 is 2.70 bits per heavy atom. The molecule has 56 valence electrons. The lowest BCUT2D eigenvalue weighted by Crippen LogP contribution is -1.88. The normalized spacial score (nSPS) is 13.6. The zero-order valence-corrected chi connectivity index (χ0v) is 6.54. The van der Waals surface area contributed by atoms with E-state index in [1.807, 2.05) is 25.2 Å². The molecule has 0 aromatic rings. The highest BCUT2D eigenvalue weighted by molar-refractivity contribution is 5.54. The molecular weight excluding hydrogens is 124 g/mol. The van der Waals surface area contributed by atoms with Gasteiger partial charge in [0, 0.05) is 0 Å². The highest BCUT2D eigenvalue weighted by atomic mass is 14.8. The molecule has 2 N–H and O–H groups in total. The van der Waals surface area contributed by atoms with E-state index in [9.17, 15) is 0 Å². The minimum atomic E-state index is 0.907. The highest BCUT2D eigenvalue weighted by Gasteiger charge is 1.79. The Kier molecular flexibility index (Phi) is 5.44. The molecule has 0 aromatic carbocycles. The Morgan fingerprint density at radius 1 is 1.60 bits per heavy atom. The van der Waals surface area contributed by atoms with Crippen molar-refractivity contribution < 1.29 is 0 Å². The minimum absolute atomic E-state index is 0.907. The van der Waals surface area contributed by atoms with E-state index in [4.69, 9.17) is 5.73 Å². The summed E-state index contributed by atoms with van der Waals surface area (Å²) in [6.45, 7) is 4.01. The quantitative estimate of drug-likeness (QED) is 0.361. The van der Waals surface area contributed by atoms with Crippen LogP contribution in [0.3, 0.4) is 0 Å². The van der Waals surface area contributed by atoms with Gasteiger partial charge in [-0.1, -0.05) is 19.1 Å². The second-order valence-corrected chi connectivity index (χ2v) is 1.80. The van der Waals surface area contributed by atoms with E-state index >= 15 is 0 Å². The second kappa shape index (κ2) is 6.08. The van der Waals surface area contributed by atoms with E-state index in [0.717, 1.165) is 12.1 Å². The molecule has 0 fully saturated rings. The van der Waals surface area contributed by atoms with Gasteiger partial charge in [-0.25, -0.2) is 4.99 Å². The van der Waals surface area contributed by atoms with Gasteiger partial charge in [0.2, 0.25) is 0 Å². The van der Waals surface area contributed by atoms with Gasteiger partial charge in [0.05, 0.1) is 12.0 Å². The number of hydrogen-bond acceptors (Lipinski definition) is 1. The maximum absolute atomic E-state index is 5.11. The molecule has 0 rings (SSSR count). The first-order chi connectivity index (χ1) is 4.85. The molecule has 0 atom stereocenters. The summed E-state index contributed by atoms with van der Waals surface area (Å²) in [5.41, 5.74) is 6.02. The zero-order chi connectivity index (χ0) is 7.82. The number of nitrogens with two attached hydrogens (primary N) is 1. The molecule has 0 aromatic heterocycles. The van der Waals surface area contributed by atoms with E-state index in [0.29, 0.717) is 0 Å². The molecule has 0 heterocycles. The molecule has 0 unspecified atom stereocenters.